The van der Waals surface area contributed by atoms with Gasteiger partial charge in [-0.15, -0.1) is 0 Å². The molecule has 33 heavy (non-hydrogen) atoms. The van der Waals surface area contributed by atoms with Crippen LogP contribution >= 0.6 is 0 Å². The number of ether oxygens (including phenoxy) is 2. The van der Waals surface area contributed by atoms with E-state index in [0.29, 0.717) is 31.1 Å². The fraction of sp³-hybridized carbons (Fsp3) is 0.600. The SMILES string of the molecule is COc1ccc(OC)c(/C=C/C(=O)N2CCN(CC(=O)N3CCN(C4CCC4)CC3)CC2)c1. The molecule has 0 bridgehead atoms. The predicted octanol–water partition coefficient (Wildman–Crippen LogP) is 1.56. The monoisotopic (exact) mass is 456 g/mol. The van der Waals surface area contributed by atoms with Crippen molar-refractivity contribution in [3.8, 4) is 11.5 Å². The van der Waals surface area contributed by atoms with Gasteiger partial charge in [-0.25, -0.2) is 0 Å². The van der Waals surface area contributed by atoms with E-state index in [2.05, 4.69) is 9.80 Å². The molecule has 180 valence electrons. The van der Waals surface area contributed by atoms with Gasteiger partial charge in [-0.3, -0.25) is 19.4 Å². The Morgan fingerprint density at radius 1 is 0.939 bits per heavy atom. The lowest BCUT2D eigenvalue weighted by atomic mass is 9.91. The third-order valence-electron chi connectivity index (χ3n) is 7.14. The molecule has 2 saturated heterocycles. The fourth-order valence-electron chi connectivity index (χ4n) is 4.74. The minimum absolute atomic E-state index is 0.0297. The highest BCUT2D eigenvalue weighted by molar-refractivity contribution is 5.92. The minimum atomic E-state index is -0.0297. The fourth-order valence-corrected chi connectivity index (χ4v) is 4.74. The molecular weight excluding hydrogens is 420 g/mol. The Bertz CT molecular complexity index is 854. The van der Waals surface area contributed by atoms with Crippen LogP contribution < -0.4 is 9.47 Å². The predicted molar refractivity (Wildman–Crippen MR) is 127 cm³/mol. The zero-order valence-corrected chi connectivity index (χ0v) is 19.9. The van der Waals surface area contributed by atoms with Gasteiger partial charge in [0.1, 0.15) is 11.5 Å². The first-order valence-electron chi connectivity index (χ1n) is 12.0. The summed E-state index contributed by atoms with van der Waals surface area (Å²) in [5, 5.41) is 0. The maximum absolute atomic E-state index is 12.8. The Morgan fingerprint density at radius 3 is 2.24 bits per heavy atom. The molecule has 0 N–H and O–H groups in total. The van der Waals surface area contributed by atoms with E-state index in [1.165, 1.54) is 19.3 Å². The summed E-state index contributed by atoms with van der Waals surface area (Å²) in [4.78, 5) is 34.0. The smallest absolute Gasteiger partial charge is 0.246 e. The summed E-state index contributed by atoms with van der Waals surface area (Å²) >= 11 is 0. The molecule has 3 aliphatic rings. The maximum atomic E-state index is 12.8. The van der Waals surface area contributed by atoms with Crippen molar-refractivity contribution >= 4 is 17.9 Å². The molecule has 0 radical (unpaired) electrons. The molecule has 1 saturated carbocycles. The Kier molecular flexibility index (Phi) is 7.88. The van der Waals surface area contributed by atoms with Gasteiger partial charge in [0, 0.05) is 70.0 Å². The first-order chi connectivity index (χ1) is 16.1. The van der Waals surface area contributed by atoms with Gasteiger partial charge in [0.25, 0.3) is 0 Å². The largest absolute Gasteiger partial charge is 0.497 e. The molecule has 0 unspecified atom stereocenters. The second kappa shape index (κ2) is 11.0. The molecule has 0 aromatic heterocycles. The normalized spacial score (nSPS) is 20.7. The molecule has 3 fully saturated rings. The number of rotatable bonds is 7. The van der Waals surface area contributed by atoms with Crippen LogP contribution in [0.5, 0.6) is 11.5 Å². The van der Waals surface area contributed by atoms with Crippen molar-refractivity contribution < 1.29 is 19.1 Å². The van der Waals surface area contributed by atoms with Gasteiger partial charge >= 0.3 is 0 Å². The molecule has 2 heterocycles. The van der Waals surface area contributed by atoms with Crippen LogP contribution in [0, 0.1) is 0 Å². The lowest BCUT2D eigenvalue weighted by Gasteiger charge is -2.43. The Hall–Kier alpha value is -2.58. The second-order valence-electron chi connectivity index (χ2n) is 9.04. The van der Waals surface area contributed by atoms with Crippen LogP contribution in [0.3, 0.4) is 0 Å². The van der Waals surface area contributed by atoms with Crippen molar-refractivity contribution in [2.24, 2.45) is 0 Å². The maximum Gasteiger partial charge on any atom is 0.246 e. The number of carbonyl (C=O) groups excluding carboxylic acids is 2. The number of nitrogens with zero attached hydrogens (tertiary/aromatic N) is 4. The van der Waals surface area contributed by atoms with Gasteiger partial charge in [0.05, 0.1) is 20.8 Å². The summed E-state index contributed by atoms with van der Waals surface area (Å²) in [6, 6.07) is 6.25. The molecule has 2 aliphatic heterocycles. The highest BCUT2D eigenvalue weighted by Crippen LogP contribution is 2.26. The average molecular weight is 457 g/mol. The summed E-state index contributed by atoms with van der Waals surface area (Å²) in [6.07, 6.45) is 7.34. The minimum Gasteiger partial charge on any atom is -0.497 e. The van der Waals surface area contributed by atoms with E-state index in [1.54, 1.807) is 26.4 Å². The van der Waals surface area contributed by atoms with Crippen LogP contribution in [0.25, 0.3) is 6.08 Å². The van der Waals surface area contributed by atoms with Crippen molar-refractivity contribution in [1.29, 1.82) is 0 Å². The van der Waals surface area contributed by atoms with Crippen molar-refractivity contribution in [1.82, 2.24) is 19.6 Å². The molecule has 0 atom stereocenters. The molecule has 0 spiro atoms. The number of amides is 2. The quantitative estimate of drug-likeness (QED) is 0.581. The van der Waals surface area contributed by atoms with Gasteiger partial charge in [0.15, 0.2) is 0 Å². The van der Waals surface area contributed by atoms with Crippen LogP contribution in [0.4, 0.5) is 0 Å². The lowest BCUT2D eigenvalue weighted by molar-refractivity contribution is -0.135. The number of piperazine rings is 2. The molecule has 1 aromatic rings. The van der Waals surface area contributed by atoms with Gasteiger partial charge in [0.2, 0.25) is 11.8 Å². The van der Waals surface area contributed by atoms with Gasteiger partial charge in [-0.1, -0.05) is 6.42 Å². The van der Waals surface area contributed by atoms with Crippen molar-refractivity contribution in [3.63, 3.8) is 0 Å². The summed E-state index contributed by atoms with van der Waals surface area (Å²) in [7, 11) is 3.22. The standard InChI is InChI=1S/C25H36N4O4/c1-32-22-7-8-23(33-2)20(18-22)6-9-24(30)28-12-10-26(11-13-28)19-25(31)29-16-14-27(15-17-29)21-4-3-5-21/h6-9,18,21H,3-5,10-17,19H2,1-2H3/b9-6+. The molecule has 8 nitrogen and oxygen atoms in total. The van der Waals surface area contributed by atoms with Gasteiger partial charge in [-0.2, -0.15) is 0 Å². The second-order valence-corrected chi connectivity index (χ2v) is 9.04. The lowest BCUT2D eigenvalue weighted by Crippen LogP contribution is -2.56. The highest BCUT2D eigenvalue weighted by Gasteiger charge is 2.30. The Balaban J connectivity index is 1.21. The number of methoxy groups -OCH3 is 2. The topological polar surface area (TPSA) is 65.6 Å². The van der Waals surface area contributed by atoms with E-state index < -0.39 is 0 Å². The summed E-state index contributed by atoms with van der Waals surface area (Å²) in [5.74, 6) is 1.59. The van der Waals surface area contributed by atoms with E-state index >= 15 is 0 Å². The van der Waals surface area contributed by atoms with Crippen molar-refractivity contribution in [2.45, 2.75) is 25.3 Å². The van der Waals surface area contributed by atoms with E-state index in [4.69, 9.17) is 9.47 Å². The first-order valence-corrected chi connectivity index (χ1v) is 12.0. The molecule has 1 aliphatic carbocycles. The van der Waals surface area contributed by atoms with Gasteiger partial charge in [-0.05, 0) is 37.1 Å². The molecule has 8 heteroatoms. The van der Waals surface area contributed by atoms with Crippen LogP contribution in [-0.4, -0.2) is 111 Å². The third-order valence-corrected chi connectivity index (χ3v) is 7.14. The summed E-state index contributed by atoms with van der Waals surface area (Å²) < 4.78 is 10.6. The van der Waals surface area contributed by atoms with Gasteiger partial charge < -0.3 is 19.3 Å². The van der Waals surface area contributed by atoms with Crippen LogP contribution in [0.1, 0.15) is 24.8 Å². The number of benzene rings is 1. The zero-order valence-electron chi connectivity index (χ0n) is 19.9. The first kappa shape index (κ1) is 23.6. The molecule has 2 amide bonds. The van der Waals surface area contributed by atoms with Crippen molar-refractivity contribution in [2.75, 3.05) is 73.1 Å². The van der Waals surface area contributed by atoms with Crippen LogP contribution in [-0.2, 0) is 9.59 Å². The van der Waals surface area contributed by atoms with E-state index in [0.717, 1.165) is 50.9 Å². The molecule has 4 rings (SSSR count). The van der Waals surface area contributed by atoms with Crippen molar-refractivity contribution in [3.05, 3.63) is 29.8 Å². The van der Waals surface area contributed by atoms with Crippen LogP contribution in [0.15, 0.2) is 24.3 Å². The number of hydrogen-bond donors (Lipinski definition) is 0. The van der Waals surface area contributed by atoms with E-state index in [1.807, 2.05) is 28.0 Å². The summed E-state index contributed by atoms with van der Waals surface area (Å²) in [5.41, 5.74) is 0.798. The highest BCUT2D eigenvalue weighted by atomic mass is 16.5. The molecular formula is C25H36N4O4. The molecule has 1 aromatic carbocycles. The third kappa shape index (κ3) is 5.86. The van der Waals surface area contributed by atoms with E-state index in [9.17, 15) is 9.59 Å². The summed E-state index contributed by atoms with van der Waals surface area (Å²) in [6.45, 7) is 6.82. The average Bonchev–Trinajstić information content (AvgIpc) is 2.82. The Labute approximate surface area is 196 Å². The Morgan fingerprint density at radius 2 is 1.64 bits per heavy atom. The number of hydrogen-bond acceptors (Lipinski definition) is 6. The van der Waals surface area contributed by atoms with Crippen LogP contribution in [0.2, 0.25) is 0 Å². The van der Waals surface area contributed by atoms with E-state index in [-0.39, 0.29) is 11.8 Å². The number of carbonyl (C=O) groups is 2. The zero-order chi connectivity index (χ0) is 23.2.